The number of piperidine rings is 1. The summed E-state index contributed by atoms with van der Waals surface area (Å²) in [5.41, 5.74) is 2.24. The maximum atomic E-state index is 13.1. The van der Waals surface area contributed by atoms with Crippen molar-refractivity contribution >= 4 is 11.8 Å². The highest BCUT2D eigenvalue weighted by molar-refractivity contribution is 5.94. The number of aromatic nitrogens is 1. The normalized spacial score (nSPS) is 15.3. The molecule has 1 atom stereocenters. The Kier molecular flexibility index (Phi) is 6.31. The Morgan fingerprint density at radius 3 is 2.52 bits per heavy atom. The summed E-state index contributed by atoms with van der Waals surface area (Å²) in [5.74, 6) is 0.515. The van der Waals surface area contributed by atoms with E-state index in [9.17, 15) is 9.59 Å². The maximum absolute atomic E-state index is 13.1. The second kappa shape index (κ2) is 9.47. The number of likely N-dealkylation sites (tertiary alicyclic amines) is 1. The van der Waals surface area contributed by atoms with Crippen molar-refractivity contribution in [3.8, 4) is 5.75 Å². The lowest BCUT2D eigenvalue weighted by molar-refractivity contribution is -0.126. The summed E-state index contributed by atoms with van der Waals surface area (Å²) in [6.45, 7) is 1.08. The number of ether oxygens (including phenoxy) is 1. The number of carbonyl (C=O) groups is 2. The molecule has 7 nitrogen and oxygen atoms in total. The zero-order chi connectivity index (χ0) is 21.6. The molecule has 2 amide bonds. The largest absolute Gasteiger partial charge is 0.497 e. The Morgan fingerprint density at radius 2 is 1.90 bits per heavy atom. The van der Waals surface area contributed by atoms with E-state index in [2.05, 4.69) is 10.3 Å². The molecule has 3 aromatic rings. The predicted octanol–water partition coefficient (Wildman–Crippen LogP) is 3.44. The summed E-state index contributed by atoms with van der Waals surface area (Å²) < 4.78 is 10.2. The van der Waals surface area contributed by atoms with E-state index < -0.39 is 0 Å². The molecule has 31 heavy (non-hydrogen) atoms. The first kappa shape index (κ1) is 20.7. The van der Waals surface area contributed by atoms with Crippen LogP contribution in [0.5, 0.6) is 5.75 Å². The van der Waals surface area contributed by atoms with Crippen LogP contribution >= 0.6 is 0 Å². The monoisotopic (exact) mass is 419 g/mol. The molecule has 4 rings (SSSR count). The minimum absolute atomic E-state index is 0.0260. The molecule has 160 valence electrons. The molecule has 1 saturated heterocycles. The first-order valence-corrected chi connectivity index (χ1v) is 10.3. The number of carbonyl (C=O) groups excluding carboxylic acids is 2. The van der Waals surface area contributed by atoms with Gasteiger partial charge in [-0.2, -0.15) is 0 Å². The van der Waals surface area contributed by atoms with E-state index in [1.165, 1.54) is 12.5 Å². The van der Waals surface area contributed by atoms with Gasteiger partial charge in [-0.3, -0.25) is 14.6 Å². The second-order valence-electron chi connectivity index (χ2n) is 7.55. The van der Waals surface area contributed by atoms with Crippen LogP contribution < -0.4 is 10.1 Å². The van der Waals surface area contributed by atoms with E-state index in [-0.39, 0.29) is 23.8 Å². The summed E-state index contributed by atoms with van der Waals surface area (Å²) >= 11 is 0. The number of hydrogen-bond donors (Lipinski definition) is 1. The fourth-order valence-corrected chi connectivity index (χ4v) is 3.84. The van der Waals surface area contributed by atoms with Crippen LogP contribution in [-0.2, 0) is 4.79 Å². The Hall–Kier alpha value is -3.61. The lowest BCUT2D eigenvalue weighted by atomic mass is 9.94. The number of amides is 2. The van der Waals surface area contributed by atoms with Gasteiger partial charge < -0.3 is 19.4 Å². The van der Waals surface area contributed by atoms with Gasteiger partial charge in [-0.25, -0.2) is 0 Å². The number of furan rings is 1. The third-order valence-corrected chi connectivity index (χ3v) is 5.64. The zero-order valence-electron chi connectivity index (χ0n) is 17.4. The van der Waals surface area contributed by atoms with Crippen LogP contribution in [0.3, 0.4) is 0 Å². The van der Waals surface area contributed by atoms with Gasteiger partial charge in [0, 0.05) is 25.2 Å². The molecule has 2 aromatic heterocycles. The van der Waals surface area contributed by atoms with Crippen molar-refractivity contribution in [1.29, 1.82) is 0 Å². The van der Waals surface area contributed by atoms with E-state index >= 15 is 0 Å². The number of rotatable bonds is 6. The van der Waals surface area contributed by atoms with Gasteiger partial charge in [0.05, 0.1) is 30.7 Å². The predicted molar refractivity (Wildman–Crippen MR) is 115 cm³/mol. The molecule has 1 aliphatic rings. The molecule has 0 bridgehead atoms. The summed E-state index contributed by atoms with van der Waals surface area (Å²) in [5, 5.41) is 3.17. The quantitative estimate of drug-likeness (QED) is 0.662. The van der Waals surface area contributed by atoms with E-state index in [1.54, 1.807) is 24.3 Å². The average Bonchev–Trinajstić information content (AvgIpc) is 3.38. The Labute approximate surface area is 181 Å². The molecular weight excluding hydrogens is 394 g/mol. The highest BCUT2D eigenvalue weighted by Gasteiger charge is 2.30. The van der Waals surface area contributed by atoms with Gasteiger partial charge in [-0.15, -0.1) is 0 Å². The van der Waals surface area contributed by atoms with Crippen LogP contribution in [0, 0.1) is 5.92 Å². The lowest BCUT2D eigenvalue weighted by Crippen LogP contribution is -2.43. The number of methoxy groups -OCH3 is 1. The number of hydrogen-bond acceptors (Lipinski definition) is 5. The van der Waals surface area contributed by atoms with E-state index in [0.29, 0.717) is 31.5 Å². The number of pyridine rings is 1. The summed E-state index contributed by atoms with van der Waals surface area (Å²) in [6.07, 6.45) is 5.90. The average molecular weight is 419 g/mol. The maximum Gasteiger partial charge on any atom is 0.257 e. The van der Waals surface area contributed by atoms with Crippen LogP contribution in [0.25, 0.3) is 0 Å². The topological polar surface area (TPSA) is 84.7 Å². The number of nitrogens with zero attached hydrogens (tertiary/aromatic N) is 2. The van der Waals surface area contributed by atoms with Gasteiger partial charge >= 0.3 is 0 Å². The van der Waals surface area contributed by atoms with Crippen molar-refractivity contribution in [2.45, 2.75) is 18.9 Å². The van der Waals surface area contributed by atoms with Gasteiger partial charge in [0.1, 0.15) is 12.0 Å². The molecule has 1 aromatic carbocycles. The molecule has 0 spiro atoms. The summed E-state index contributed by atoms with van der Waals surface area (Å²) in [6, 6.07) is 14.6. The van der Waals surface area contributed by atoms with E-state index in [0.717, 1.165) is 17.0 Å². The Bertz CT molecular complexity index is 995. The van der Waals surface area contributed by atoms with E-state index in [4.69, 9.17) is 9.15 Å². The van der Waals surface area contributed by atoms with Crippen LogP contribution in [-0.4, -0.2) is 41.9 Å². The first-order valence-electron chi connectivity index (χ1n) is 10.3. The van der Waals surface area contributed by atoms with Crippen LogP contribution in [0.4, 0.5) is 0 Å². The van der Waals surface area contributed by atoms with E-state index in [1.807, 2.05) is 42.5 Å². The van der Waals surface area contributed by atoms with Crippen LogP contribution in [0.2, 0.25) is 0 Å². The molecule has 0 radical (unpaired) electrons. The van der Waals surface area contributed by atoms with Gasteiger partial charge in [-0.05, 0) is 48.7 Å². The van der Waals surface area contributed by atoms with Gasteiger partial charge in [0.2, 0.25) is 5.91 Å². The molecule has 1 unspecified atom stereocenters. The molecule has 0 saturated carbocycles. The molecular formula is C24H25N3O4. The third-order valence-electron chi connectivity index (χ3n) is 5.64. The van der Waals surface area contributed by atoms with Gasteiger partial charge in [-0.1, -0.05) is 18.2 Å². The van der Waals surface area contributed by atoms with Crippen molar-refractivity contribution < 1.29 is 18.7 Å². The Balaban J connectivity index is 1.43. The molecule has 0 aliphatic carbocycles. The minimum Gasteiger partial charge on any atom is -0.497 e. The van der Waals surface area contributed by atoms with Gasteiger partial charge in [0.25, 0.3) is 5.91 Å². The highest BCUT2D eigenvalue weighted by atomic mass is 16.5. The van der Waals surface area contributed by atoms with Crippen molar-refractivity contribution in [2.75, 3.05) is 20.2 Å². The van der Waals surface area contributed by atoms with Crippen molar-refractivity contribution in [1.82, 2.24) is 15.2 Å². The fourth-order valence-electron chi connectivity index (χ4n) is 3.84. The molecule has 3 heterocycles. The third kappa shape index (κ3) is 4.77. The Morgan fingerprint density at radius 1 is 1.13 bits per heavy atom. The lowest BCUT2D eigenvalue weighted by Gasteiger charge is -2.32. The summed E-state index contributed by atoms with van der Waals surface area (Å²) in [4.78, 5) is 31.8. The smallest absolute Gasteiger partial charge is 0.257 e. The molecule has 1 aliphatic heterocycles. The molecule has 1 N–H and O–H groups in total. The number of nitrogens with one attached hydrogen (secondary N) is 1. The number of benzene rings is 1. The second-order valence-corrected chi connectivity index (χ2v) is 7.55. The van der Waals surface area contributed by atoms with Gasteiger partial charge in [0.15, 0.2) is 0 Å². The summed E-state index contributed by atoms with van der Waals surface area (Å²) in [7, 11) is 1.62. The standard InChI is InChI=1S/C24H25N3O4/c1-30-20-7-5-17(6-8-20)22(21-4-2-3-12-25-21)26-23(28)18-9-13-27(14-10-18)24(29)19-11-15-31-16-19/h2-8,11-12,15-16,18,22H,9-10,13-14H2,1H3,(H,26,28). The molecule has 7 heteroatoms. The highest BCUT2D eigenvalue weighted by Crippen LogP contribution is 2.25. The van der Waals surface area contributed by atoms with Crippen LogP contribution in [0.15, 0.2) is 71.7 Å². The minimum atomic E-state index is -0.356. The zero-order valence-corrected chi connectivity index (χ0v) is 17.4. The SMILES string of the molecule is COc1ccc(C(NC(=O)C2CCN(C(=O)c3ccoc3)CC2)c2ccccn2)cc1. The first-order chi connectivity index (χ1) is 15.2. The van der Waals surface area contributed by atoms with Crippen molar-refractivity contribution in [2.24, 2.45) is 5.92 Å². The van der Waals surface area contributed by atoms with Crippen molar-refractivity contribution in [3.05, 3.63) is 84.1 Å². The van der Waals surface area contributed by atoms with Crippen LogP contribution in [0.1, 0.15) is 40.5 Å². The fraction of sp³-hybridized carbons (Fsp3) is 0.292. The van der Waals surface area contributed by atoms with Crippen molar-refractivity contribution in [3.63, 3.8) is 0 Å². The molecule has 1 fully saturated rings.